The summed E-state index contributed by atoms with van der Waals surface area (Å²) in [5.74, 6) is -1.79. The molecule has 0 aromatic rings. The number of piperidine rings is 2. The number of aliphatic hydroxyl groups is 4. The van der Waals surface area contributed by atoms with Gasteiger partial charge in [-0.2, -0.15) is 0 Å². The maximum absolute atomic E-state index is 14.3. The molecule has 3 aliphatic carbocycles. The van der Waals surface area contributed by atoms with Gasteiger partial charge in [-0.25, -0.2) is 4.79 Å². The average molecular weight is 801 g/mol. The molecule has 13 nitrogen and oxygen atoms in total. The summed E-state index contributed by atoms with van der Waals surface area (Å²) >= 11 is 0. The number of ether oxygens (including phenoxy) is 3. The number of fused-ring (bicyclic) bond motifs is 7. The summed E-state index contributed by atoms with van der Waals surface area (Å²) in [6.07, 6.45) is 5.89. The van der Waals surface area contributed by atoms with E-state index in [-0.39, 0.29) is 79.2 Å². The van der Waals surface area contributed by atoms with E-state index in [1.54, 1.807) is 13.0 Å². The van der Waals surface area contributed by atoms with Crippen molar-refractivity contribution >= 4 is 11.8 Å². The van der Waals surface area contributed by atoms with Crippen LogP contribution < -0.4 is 22.1 Å². The Bertz CT molecular complexity index is 1480. The third-order valence-corrected chi connectivity index (χ3v) is 17.2. The fraction of sp³-hybridized carbons (Fsp3) is 0.909. The highest BCUT2D eigenvalue weighted by atomic mass is 16.6. The Balaban J connectivity index is 1.32. The molecule has 0 amide bonds. The fourth-order valence-corrected chi connectivity index (χ4v) is 14.3. The van der Waals surface area contributed by atoms with Gasteiger partial charge in [-0.3, -0.25) is 4.79 Å². The van der Waals surface area contributed by atoms with Gasteiger partial charge in [0.05, 0.1) is 55.4 Å². The number of ketones is 1. The number of carbonyl (C=O) groups is 2. The second-order valence-corrected chi connectivity index (χ2v) is 20.0. The van der Waals surface area contributed by atoms with Gasteiger partial charge in [0.2, 0.25) is 0 Å². The summed E-state index contributed by atoms with van der Waals surface area (Å²) < 4.78 is 21.2. The second kappa shape index (κ2) is 17.1. The lowest BCUT2D eigenvalue weighted by Crippen LogP contribution is -2.72. The molecule has 0 radical (unpaired) electrons. The van der Waals surface area contributed by atoms with Gasteiger partial charge in [0.15, 0.2) is 0 Å². The lowest BCUT2D eigenvalue weighted by molar-refractivity contribution is -0.313. The lowest BCUT2D eigenvalue weighted by Gasteiger charge is -2.64. The van der Waals surface area contributed by atoms with Crippen LogP contribution in [0.1, 0.15) is 97.8 Å². The molecule has 13 heteroatoms. The molecule has 10 N–H and O–H groups in total. The summed E-state index contributed by atoms with van der Waals surface area (Å²) in [5.41, 5.74) is 13.3. The summed E-state index contributed by atoms with van der Waals surface area (Å²) in [7, 11) is 0. The Labute approximate surface area is 338 Å². The number of aliphatic hydroxyl groups excluding tert-OH is 4. The van der Waals surface area contributed by atoms with E-state index in [9.17, 15) is 30.0 Å². The molecular formula is C44H72N4O9. The second-order valence-electron chi connectivity index (χ2n) is 20.0. The summed E-state index contributed by atoms with van der Waals surface area (Å²) in [6.45, 7) is 6.82. The molecule has 8 rings (SSSR count). The summed E-state index contributed by atoms with van der Waals surface area (Å²) in [6, 6.07) is 0. The van der Waals surface area contributed by atoms with Crippen LogP contribution in [-0.4, -0.2) is 113 Å². The predicted molar refractivity (Wildman–Crippen MR) is 212 cm³/mol. The normalized spacial score (nSPS) is 50.9. The van der Waals surface area contributed by atoms with E-state index in [1.165, 1.54) is 0 Å². The third kappa shape index (κ3) is 7.71. The first-order valence-corrected chi connectivity index (χ1v) is 22.6. The van der Waals surface area contributed by atoms with Crippen LogP contribution >= 0.6 is 0 Å². The van der Waals surface area contributed by atoms with Crippen LogP contribution in [-0.2, 0) is 23.8 Å². The number of carbonyl (C=O) groups excluding carboxylic acids is 2. The van der Waals surface area contributed by atoms with Crippen molar-refractivity contribution in [1.82, 2.24) is 10.6 Å². The Morgan fingerprint density at radius 2 is 1.75 bits per heavy atom. The first-order chi connectivity index (χ1) is 27.4. The van der Waals surface area contributed by atoms with Crippen molar-refractivity contribution in [1.29, 1.82) is 0 Å². The number of nitrogens with two attached hydrogens (primary N) is 2. The van der Waals surface area contributed by atoms with E-state index in [4.69, 9.17) is 25.7 Å². The minimum Gasteiger partial charge on any atom is -0.456 e. The van der Waals surface area contributed by atoms with Gasteiger partial charge in [0.25, 0.3) is 0 Å². The molecule has 322 valence electrons. The van der Waals surface area contributed by atoms with Gasteiger partial charge in [0.1, 0.15) is 17.5 Å². The molecule has 5 heterocycles. The molecule has 8 fully saturated rings. The first kappa shape index (κ1) is 42.2. The Kier molecular flexibility index (Phi) is 12.6. The number of hydrogen-bond donors (Lipinski definition) is 8. The van der Waals surface area contributed by atoms with Crippen molar-refractivity contribution in [3.63, 3.8) is 0 Å². The maximum atomic E-state index is 14.3. The van der Waals surface area contributed by atoms with E-state index in [0.717, 1.165) is 64.3 Å². The molecule has 5 saturated heterocycles. The van der Waals surface area contributed by atoms with E-state index in [2.05, 4.69) is 17.6 Å². The molecule has 2 bridgehead atoms. The van der Waals surface area contributed by atoms with Gasteiger partial charge in [-0.15, -0.1) is 0 Å². The van der Waals surface area contributed by atoms with E-state index >= 15 is 0 Å². The number of allylic oxidation sites excluding steroid dienone is 1. The molecule has 21 unspecified atom stereocenters. The summed E-state index contributed by atoms with van der Waals surface area (Å²) in [4.78, 5) is 28.1. The summed E-state index contributed by atoms with van der Waals surface area (Å²) in [5, 5.41) is 52.9. The number of rotatable bonds is 6. The molecule has 21 atom stereocenters. The highest BCUT2D eigenvalue weighted by Crippen LogP contribution is 2.61. The van der Waals surface area contributed by atoms with Crippen molar-refractivity contribution in [3.05, 3.63) is 11.6 Å². The smallest absolute Gasteiger partial charge is 0.333 e. The van der Waals surface area contributed by atoms with Crippen LogP contribution in [0.2, 0.25) is 0 Å². The quantitative estimate of drug-likeness (QED) is 0.143. The molecule has 0 spiro atoms. The Morgan fingerprint density at radius 3 is 2.49 bits per heavy atom. The third-order valence-electron chi connectivity index (χ3n) is 17.2. The Hall–Kier alpha value is -1.52. The van der Waals surface area contributed by atoms with Crippen molar-refractivity contribution < 1.29 is 44.2 Å². The van der Waals surface area contributed by atoms with Crippen LogP contribution in [0.3, 0.4) is 0 Å². The van der Waals surface area contributed by atoms with Crippen LogP contribution in [0.5, 0.6) is 0 Å². The zero-order valence-electron chi connectivity index (χ0n) is 34.4. The van der Waals surface area contributed by atoms with Crippen LogP contribution in [0, 0.1) is 71.0 Å². The number of Topliss-reactive ketones (excluding diaryl/α,β-unsaturated/α-hetero) is 1. The standard InChI is InChI=1S/C44H72N4O9/c1-4-21(2)43(54)56-34-17-30-39(53)37-33(52)16-27(19-49)55-41(37)38-36(31(20-50)23-6-5-7-26(51)12-23)28-10-11-47-42(46)29(28)13-24-9-8-22-15-35(45)48-18-25(22)14-32(24)44(34,3)57-40(30)38/h4,22-32,34-42,47-51,53H,5-20,45-46H2,1-3H3. The lowest BCUT2D eigenvalue weighted by atomic mass is 9.51. The molecular weight excluding hydrogens is 729 g/mol. The minimum absolute atomic E-state index is 0.00404. The van der Waals surface area contributed by atoms with E-state index in [1.807, 2.05) is 6.92 Å². The molecule has 3 saturated carbocycles. The largest absolute Gasteiger partial charge is 0.456 e. The maximum Gasteiger partial charge on any atom is 0.333 e. The topological polar surface area (TPSA) is 219 Å². The van der Waals surface area contributed by atoms with Crippen molar-refractivity contribution in [2.75, 3.05) is 26.3 Å². The zero-order chi connectivity index (χ0) is 40.3. The monoisotopic (exact) mass is 801 g/mol. The van der Waals surface area contributed by atoms with Crippen molar-refractivity contribution in [3.8, 4) is 0 Å². The zero-order valence-corrected chi connectivity index (χ0v) is 34.4. The fourth-order valence-electron chi connectivity index (χ4n) is 14.3. The van der Waals surface area contributed by atoms with Crippen molar-refractivity contribution in [2.24, 2.45) is 82.5 Å². The molecule has 57 heavy (non-hydrogen) atoms. The first-order valence-electron chi connectivity index (χ1n) is 22.6. The highest BCUT2D eigenvalue weighted by Gasteiger charge is 2.67. The van der Waals surface area contributed by atoms with Gasteiger partial charge >= 0.3 is 5.97 Å². The van der Waals surface area contributed by atoms with Gasteiger partial charge < -0.3 is 56.7 Å². The van der Waals surface area contributed by atoms with E-state index < -0.39 is 65.9 Å². The average Bonchev–Trinajstić information content (AvgIpc) is 3.37. The van der Waals surface area contributed by atoms with E-state index in [0.29, 0.717) is 36.8 Å². The molecule has 0 aromatic heterocycles. The number of nitrogens with one attached hydrogen (secondary N) is 2. The van der Waals surface area contributed by atoms with Crippen LogP contribution in [0.25, 0.3) is 0 Å². The molecule has 5 aliphatic heterocycles. The van der Waals surface area contributed by atoms with Gasteiger partial charge in [-0.1, -0.05) is 12.5 Å². The SMILES string of the molecule is CC=C(C)C(=O)OC1CC2C(O)C3C(=O)CC(CO)OC3C3C2OC1(C)C1CC2CNC(N)CC2CCC1CC1C(N)NCCC1C3C(CO)C1CCCC(O)C1. The van der Waals surface area contributed by atoms with Gasteiger partial charge in [-0.05, 0) is 151 Å². The minimum atomic E-state index is -1.12. The van der Waals surface area contributed by atoms with Gasteiger partial charge in [0, 0.05) is 30.4 Å². The van der Waals surface area contributed by atoms with Crippen LogP contribution in [0.4, 0.5) is 0 Å². The predicted octanol–water partition coefficient (Wildman–Crippen LogP) is 1.97. The molecule has 8 aliphatic rings. The highest BCUT2D eigenvalue weighted by molar-refractivity contribution is 5.87. The van der Waals surface area contributed by atoms with Crippen molar-refractivity contribution in [2.45, 2.75) is 152 Å². The Morgan fingerprint density at radius 1 is 0.965 bits per heavy atom. The molecule has 0 aromatic carbocycles. The number of hydrogen-bond acceptors (Lipinski definition) is 13. The number of esters is 1. The van der Waals surface area contributed by atoms with Crippen LogP contribution in [0.15, 0.2) is 11.6 Å².